The van der Waals surface area contributed by atoms with Gasteiger partial charge in [0.15, 0.2) is 0 Å². The van der Waals surface area contributed by atoms with E-state index in [1.807, 2.05) is 20.8 Å². The molecule has 0 fully saturated rings. The van der Waals surface area contributed by atoms with Gasteiger partial charge in [0.2, 0.25) is 0 Å². The van der Waals surface area contributed by atoms with Gasteiger partial charge in [0.25, 0.3) is 5.91 Å². The lowest BCUT2D eigenvalue weighted by Gasteiger charge is -2.18. The number of aromatic nitrogens is 3. The summed E-state index contributed by atoms with van der Waals surface area (Å²) >= 11 is 5.97. The number of nitrogens with one attached hydrogen (secondary N) is 2. The molecule has 0 aliphatic carbocycles. The minimum absolute atomic E-state index is 0.173. The number of nitrogens with zero attached hydrogens (tertiary/aromatic N) is 2. The molecular weight excluding hydrogens is 264 g/mol. The van der Waals surface area contributed by atoms with Crippen molar-refractivity contribution in [2.45, 2.75) is 26.2 Å². The Balaban J connectivity index is 2.29. The summed E-state index contributed by atoms with van der Waals surface area (Å²) in [5, 5.41) is 9.44. The van der Waals surface area contributed by atoms with E-state index in [1.54, 1.807) is 24.4 Å². The highest BCUT2D eigenvalue weighted by Crippen LogP contribution is 2.23. The molecule has 0 aliphatic rings. The molecule has 0 radical (unpaired) electrons. The fourth-order valence-electron chi connectivity index (χ4n) is 1.53. The first-order valence-corrected chi connectivity index (χ1v) is 6.23. The molecule has 2 N–H and O–H groups in total. The number of carbonyl (C=O) groups is 1. The maximum Gasteiger partial charge on any atom is 0.256 e. The van der Waals surface area contributed by atoms with Crippen molar-refractivity contribution >= 4 is 23.3 Å². The van der Waals surface area contributed by atoms with Crippen LogP contribution in [0.25, 0.3) is 0 Å². The van der Waals surface area contributed by atoms with Crippen molar-refractivity contribution in [2.24, 2.45) is 0 Å². The van der Waals surface area contributed by atoms with Crippen LogP contribution in [-0.2, 0) is 5.41 Å². The quantitative estimate of drug-likeness (QED) is 0.830. The van der Waals surface area contributed by atoms with Crippen LogP contribution in [0.2, 0.25) is 5.15 Å². The number of amides is 1. The second-order valence-electron chi connectivity index (χ2n) is 5.24. The Labute approximate surface area is 116 Å². The van der Waals surface area contributed by atoms with E-state index in [0.717, 1.165) is 5.69 Å². The summed E-state index contributed by atoms with van der Waals surface area (Å²) in [4.78, 5) is 16.3. The third-order valence-electron chi connectivity index (χ3n) is 2.57. The van der Waals surface area contributed by atoms with Gasteiger partial charge in [-0.25, -0.2) is 4.98 Å². The van der Waals surface area contributed by atoms with E-state index in [4.69, 9.17) is 11.6 Å². The van der Waals surface area contributed by atoms with Crippen LogP contribution in [-0.4, -0.2) is 21.1 Å². The van der Waals surface area contributed by atoms with Crippen LogP contribution in [0.5, 0.6) is 0 Å². The second kappa shape index (κ2) is 5.01. The molecule has 0 atom stereocenters. The zero-order valence-corrected chi connectivity index (χ0v) is 11.7. The lowest BCUT2D eigenvalue weighted by atomic mass is 9.91. The number of hydrogen-bond acceptors (Lipinski definition) is 3. The van der Waals surface area contributed by atoms with Crippen LogP contribution in [0.1, 0.15) is 36.8 Å². The summed E-state index contributed by atoms with van der Waals surface area (Å²) in [6, 6.07) is 4.96. The van der Waals surface area contributed by atoms with Crippen LogP contribution in [0.4, 0.5) is 5.82 Å². The highest BCUT2D eigenvalue weighted by atomic mass is 35.5. The topological polar surface area (TPSA) is 70.7 Å². The molecule has 19 heavy (non-hydrogen) atoms. The highest BCUT2D eigenvalue weighted by Gasteiger charge is 2.19. The zero-order valence-electron chi connectivity index (χ0n) is 11.0. The number of pyridine rings is 1. The molecule has 100 valence electrons. The molecule has 0 spiro atoms. The van der Waals surface area contributed by atoms with Crippen LogP contribution in [0.15, 0.2) is 24.4 Å². The van der Waals surface area contributed by atoms with Gasteiger partial charge in [-0.3, -0.25) is 9.89 Å². The van der Waals surface area contributed by atoms with Crippen molar-refractivity contribution < 1.29 is 4.79 Å². The highest BCUT2D eigenvalue weighted by molar-refractivity contribution is 6.29. The SMILES string of the molecule is CC(C)(C)c1cc(C(=O)Nc2ccn[nH]2)cc(Cl)n1. The third kappa shape index (κ3) is 3.32. The Kier molecular flexibility index (Phi) is 3.57. The molecular formula is C13H15ClN4O. The number of carbonyl (C=O) groups excluding carboxylic acids is 1. The van der Waals surface area contributed by atoms with Gasteiger partial charge < -0.3 is 5.32 Å². The molecule has 0 aromatic carbocycles. The van der Waals surface area contributed by atoms with E-state index in [1.165, 1.54) is 0 Å². The molecule has 2 rings (SSSR count). The van der Waals surface area contributed by atoms with Gasteiger partial charge in [-0.05, 0) is 12.1 Å². The van der Waals surface area contributed by atoms with E-state index < -0.39 is 0 Å². The fourth-order valence-corrected chi connectivity index (χ4v) is 1.74. The fraction of sp³-hybridized carbons (Fsp3) is 0.308. The standard InChI is InChI=1S/C13H15ClN4O/c1-13(2,3)9-6-8(7-10(14)16-9)12(19)17-11-4-5-15-18-11/h4-7H,1-3H3,(H2,15,17,18,19). The Morgan fingerprint density at radius 1 is 1.37 bits per heavy atom. The summed E-state index contributed by atoms with van der Waals surface area (Å²) in [6.07, 6.45) is 1.57. The van der Waals surface area contributed by atoms with Gasteiger partial charge in [0.1, 0.15) is 11.0 Å². The summed E-state index contributed by atoms with van der Waals surface area (Å²) < 4.78 is 0. The molecule has 6 heteroatoms. The molecule has 5 nitrogen and oxygen atoms in total. The summed E-state index contributed by atoms with van der Waals surface area (Å²) in [7, 11) is 0. The monoisotopic (exact) mass is 278 g/mol. The van der Waals surface area contributed by atoms with E-state index in [2.05, 4.69) is 20.5 Å². The number of aromatic amines is 1. The number of H-pyrrole nitrogens is 1. The number of hydrogen-bond donors (Lipinski definition) is 2. The van der Waals surface area contributed by atoms with Gasteiger partial charge in [0, 0.05) is 22.7 Å². The zero-order chi connectivity index (χ0) is 14.0. The van der Waals surface area contributed by atoms with Crippen molar-refractivity contribution in [3.63, 3.8) is 0 Å². The summed E-state index contributed by atoms with van der Waals surface area (Å²) in [6.45, 7) is 6.05. The minimum atomic E-state index is -0.251. The second-order valence-corrected chi connectivity index (χ2v) is 5.63. The molecule has 0 bridgehead atoms. The van der Waals surface area contributed by atoms with E-state index in [-0.39, 0.29) is 11.3 Å². The molecule has 0 saturated carbocycles. The van der Waals surface area contributed by atoms with Gasteiger partial charge >= 0.3 is 0 Å². The van der Waals surface area contributed by atoms with Gasteiger partial charge in [-0.15, -0.1) is 0 Å². The smallest absolute Gasteiger partial charge is 0.256 e. The average molecular weight is 279 g/mol. The molecule has 2 aromatic rings. The molecule has 2 aromatic heterocycles. The maximum absolute atomic E-state index is 12.1. The molecule has 0 saturated heterocycles. The van der Waals surface area contributed by atoms with E-state index in [9.17, 15) is 4.79 Å². The molecule has 0 unspecified atom stereocenters. The summed E-state index contributed by atoms with van der Waals surface area (Å²) in [5.41, 5.74) is 1.07. The van der Waals surface area contributed by atoms with Crippen LogP contribution in [0.3, 0.4) is 0 Å². The lowest BCUT2D eigenvalue weighted by molar-refractivity contribution is 0.102. The van der Waals surface area contributed by atoms with Crippen LogP contribution in [0, 0.1) is 0 Å². The van der Waals surface area contributed by atoms with Crippen LogP contribution < -0.4 is 5.32 Å². The van der Waals surface area contributed by atoms with Gasteiger partial charge in [0.05, 0.1) is 6.20 Å². The maximum atomic E-state index is 12.1. The van der Waals surface area contributed by atoms with Crippen molar-refractivity contribution in [2.75, 3.05) is 5.32 Å². The van der Waals surface area contributed by atoms with Gasteiger partial charge in [-0.1, -0.05) is 32.4 Å². The number of halogens is 1. The summed E-state index contributed by atoms with van der Waals surface area (Å²) in [5.74, 6) is 0.286. The largest absolute Gasteiger partial charge is 0.307 e. The normalized spacial score (nSPS) is 11.4. The van der Waals surface area contributed by atoms with E-state index in [0.29, 0.717) is 16.5 Å². The lowest BCUT2D eigenvalue weighted by Crippen LogP contribution is -2.17. The van der Waals surface area contributed by atoms with Crippen LogP contribution >= 0.6 is 11.6 Å². The Morgan fingerprint density at radius 2 is 2.11 bits per heavy atom. The number of anilines is 1. The Bertz CT molecular complexity index is 587. The Morgan fingerprint density at radius 3 is 2.68 bits per heavy atom. The van der Waals surface area contributed by atoms with Crippen molar-refractivity contribution in [1.82, 2.24) is 15.2 Å². The predicted octanol–water partition coefficient (Wildman–Crippen LogP) is 3.01. The predicted molar refractivity (Wildman–Crippen MR) is 74.5 cm³/mol. The van der Waals surface area contributed by atoms with Gasteiger partial charge in [-0.2, -0.15) is 5.10 Å². The first-order valence-electron chi connectivity index (χ1n) is 5.85. The van der Waals surface area contributed by atoms with E-state index >= 15 is 0 Å². The Hall–Kier alpha value is -1.88. The number of rotatable bonds is 2. The van der Waals surface area contributed by atoms with Crippen molar-refractivity contribution in [3.8, 4) is 0 Å². The third-order valence-corrected chi connectivity index (χ3v) is 2.77. The minimum Gasteiger partial charge on any atom is -0.307 e. The van der Waals surface area contributed by atoms with Crippen molar-refractivity contribution in [1.29, 1.82) is 0 Å². The molecule has 1 amide bonds. The first kappa shape index (κ1) is 13.5. The van der Waals surface area contributed by atoms with Crippen molar-refractivity contribution in [3.05, 3.63) is 40.8 Å². The first-order chi connectivity index (χ1) is 8.86. The molecule has 2 heterocycles. The molecule has 0 aliphatic heterocycles. The average Bonchev–Trinajstić information content (AvgIpc) is 2.79.